The standard InChI is InChI=1S/C61H60O14S/c62-52-50(41-66-36-43-22-8-1-9-23-43)72-59(70-40-47-30-16-5-17-31-47)56(74-58(63)48-32-18-6-19-33-48)54(52)75-61(64)71-42-51-53(67-37-44-24-10-2-11-25-44)55(68-38-45-26-12-3-13-27-45)57(69-39-46-28-14-4-15-29-46)60(73-51)76(65)49-34-20-7-21-35-49/h1-35,50-57,59-60,62H,36-42H2/t50-,51-,52-,53-,54+,55+,56-,57+,59+,60-,76?/m1/s1. The fraction of sp³-hybridized carbons (Fsp3) is 0.279. The molecule has 2 fully saturated rings. The van der Waals surface area contributed by atoms with Crippen LogP contribution in [0.15, 0.2) is 217 Å². The van der Waals surface area contributed by atoms with Crippen LogP contribution in [0.25, 0.3) is 0 Å². The zero-order valence-electron chi connectivity index (χ0n) is 41.6. The molecule has 2 saturated heterocycles. The van der Waals surface area contributed by atoms with Crippen LogP contribution in [0.1, 0.15) is 38.2 Å². The topological polar surface area (TPSA) is 164 Å². The van der Waals surface area contributed by atoms with E-state index in [-0.39, 0.29) is 45.2 Å². The van der Waals surface area contributed by atoms with Gasteiger partial charge in [0.2, 0.25) is 0 Å². The van der Waals surface area contributed by atoms with Crippen molar-refractivity contribution < 1.29 is 66.3 Å². The van der Waals surface area contributed by atoms with E-state index in [9.17, 15) is 18.9 Å². The van der Waals surface area contributed by atoms with E-state index < -0.39 is 90.1 Å². The molecule has 0 aliphatic carbocycles. The Morgan fingerprint density at radius 3 is 1.38 bits per heavy atom. The van der Waals surface area contributed by atoms with Gasteiger partial charge in [0.15, 0.2) is 23.9 Å². The van der Waals surface area contributed by atoms with Crippen LogP contribution < -0.4 is 0 Å². The molecule has 0 aromatic heterocycles. The Labute approximate surface area is 444 Å². The molecule has 0 radical (unpaired) electrons. The lowest BCUT2D eigenvalue weighted by Crippen LogP contribution is -2.62. The number of hydrogen-bond donors (Lipinski definition) is 1. The number of aliphatic hydroxyl groups is 1. The molecule has 0 spiro atoms. The van der Waals surface area contributed by atoms with Crippen molar-refractivity contribution in [2.75, 3.05) is 13.2 Å². The van der Waals surface area contributed by atoms with Gasteiger partial charge >= 0.3 is 12.1 Å². The number of esters is 1. The molecule has 2 aliphatic heterocycles. The second-order valence-corrected chi connectivity index (χ2v) is 19.7. The summed E-state index contributed by atoms with van der Waals surface area (Å²) in [4.78, 5) is 28.7. The number of rotatable bonds is 23. The van der Waals surface area contributed by atoms with Gasteiger partial charge in [0.25, 0.3) is 0 Å². The zero-order chi connectivity index (χ0) is 52.3. The molecule has 14 nitrogen and oxygen atoms in total. The van der Waals surface area contributed by atoms with Gasteiger partial charge < -0.3 is 52.5 Å². The summed E-state index contributed by atoms with van der Waals surface area (Å²) in [6.45, 7) is -0.141. The number of carbonyl (C=O) groups is 2. The largest absolute Gasteiger partial charge is 0.508 e. The van der Waals surface area contributed by atoms with Gasteiger partial charge in [0, 0.05) is 4.90 Å². The van der Waals surface area contributed by atoms with E-state index in [0.29, 0.717) is 4.90 Å². The van der Waals surface area contributed by atoms with Gasteiger partial charge in [-0.1, -0.05) is 188 Å². The van der Waals surface area contributed by atoms with Gasteiger partial charge in [0.1, 0.15) is 43.2 Å². The van der Waals surface area contributed by atoms with Crippen LogP contribution in [-0.2, 0) is 91.2 Å². The average molecular weight is 1050 g/mol. The summed E-state index contributed by atoms with van der Waals surface area (Å²) in [7, 11) is -1.87. The number of hydrogen-bond acceptors (Lipinski definition) is 14. The van der Waals surface area contributed by atoms with Crippen molar-refractivity contribution in [3.8, 4) is 0 Å². The van der Waals surface area contributed by atoms with Crippen molar-refractivity contribution in [1.82, 2.24) is 0 Å². The van der Waals surface area contributed by atoms with Gasteiger partial charge in [-0.15, -0.1) is 0 Å². The maximum Gasteiger partial charge on any atom is 0.508 e. The number of ether oxygens (including phenoxy) is 10. The molecule has 11 atom stereocenters. The SMILES string of the molecule is O=C(OC[C@H]1O[C@H](S(=O)c2ccccc2)[C@@H](OCc2ccccc2)[C@@H](OCc2ccccc2)[C@@H]1OCc1ccccc1)O[C@H]1[C@H](O)[C@@H](COCc2ccccc2)O[C@H](OCc2ccccc2)[C@@H]1OC(=O)c1ccccc1. The fourth-order valence-corrected chi connectivity index (χ4v) is 10.3. The van der Waals surface area contributed by atoms with Crippen molar-refractivity contribution >= 4 is 22.9 Å². The Kier molecular flexibility index (Phi) is 19.7. The van der Waals surface area contributed by atoms with E-state index in [2.05, 4.69) is 0 Å². The lowest BCUT2D eigenvalue weighted by Gasteiger charge is -2.45. The van der Waals surface area contributed by atoms with Crippen LogP contribution in [0.2, 0.25) is 0 Å². The molecule has 1 N–H and O–H groups in total. The first-order valence-electron chi connectivity index (χ1n) is 25.1. The highest BCUT2D eigenvalue weighted by atomic mass is 32.2. The molecule has 15 heteroatoms. The normalized spacial score (nSPS) is 23.7. The number of aliphatic hydroxyl groups excluding tert-OH is 1. The first-order chi connectivity index (χ1) is 37.4. The Hall–Kier alpha value is -6.89. The van der Waals surface area contributed by atoms with Crippen LogP contribution in [0.5, 0.6) is 0 Å². The average Bonchev–Trinajstić information content (AvgIpc) is 3.48. The van der Waals surface area contributed by atoms with Crippen LogP contribution in [0, 0.1) is 0 Å². The summed E-state index contributed by atoms with van der Waals surface area (Å²) in [5.41, 5.74) is 3.25. The molecule has 76 heavy (non-hydrogen) atoms. The second-order valence-electron chi connectivity index (χ2n) is 18.1. The molecule has 0 saturated carbocycles. The molecule has 7 aromatic rings. The number of carbonyl (C=O) groups excluding carboxylic acids is 2. The van der Waals surface area contributed by atoms with E-state index in [1.165, 1.54) is 0 Å². The van der Waals surface area contributed by atoms with E-state index in [0.717, 1.165) is 27.8 Å². The minimum absolute atomic E-state index is 0.00816. The van der Waals surface area contributed by atoms with Crippen LogP contribution in [0.4, 0.5) is 4.79 Å². The summed E-state index contributed by atoms with van der Waals surface area (Å²) in [6.07, 6.45) is -12.6. The Bertz CT molecular complexity index is 2840. The molecule has 394 valence electrons. The van der Waals surface area contributed by atoms with E-state index in [4.69, 9.17) is 47.4 Å². The molecular formula is C61H60O14S. The molecule has 0 amide bonds. The van der Waals surface area contributed by atoms with E-state index in [1.807, 2.05) is 158 Å². The molecule has 2 aliphatic rings. The molecule has 0 bridgehead atoms. The van der Waals surface area contributed by atoms with Gasteiger partial charge in [-0.05, 0) is 52.1 Å². The summed E-state index contributed by atoms with van der Waals surface area (Å²) in [5.74, 6) is -0.785. The molecule has 7 aromatic carbocycles. The van der Waals surface area contributed by atoms with Crippen molar-refractivity contribution in [2.24, 2.45) is 0 Å². The van der Waals surface area contributed by atoms with Crippen molar-refractivity contribution in [2.45, 2.75) is 98.5 Å². The molecule has 2 heterocycles. The Morgan fingerprint density at radius 2 is 0.868 bits per heavy atom. The third kappa shape index (κ3) is 14.9. The maximum atomic E-state index is 14.9. The maximum absolute atomic E-state index is 14.9. The van der Waals surface area contributed by atoms with Crippen molar-refractivity contribution in [1.29, 1.82) is 0 Å². The van der Waals surface area contributed by atoms with Crippen molar-refractivity contribution in [3.05, 3.63) is 246 Å². The quantitative estimate of drug-likeness (QED) is 0.0603. The fourth-order valence-electron chi connectivity index (χ4n) is 8.84. The van der Waals surface area contributed by atoms with Gasteiger partial charge in [-0.2, -0.15) is 0 Å². The lowest BCUT2D eigenvalue weighted by atomic mass is 9.98. The monoisotopic (exact) mass is 1050 g/mol. The predicted molar refractivity (Wildman–Crippen MR) is 280 cm³/mol. The van der Waals surface area contributed by atoms with E-state index >= 15 is 0 Å². The van der Waals surface area contributed by atoms with E-state index in [1.54, 1.807) is 54.6 Å². The van der Waals surface area contributed by atoms with Gasteiger partial charge in [0.05, 0.1) is 56.0 Å². The number of benzene rings is 7. The third-order valence-electron chi connectivity index (χ3n) is 12.8. The molecule has 9 rings (SSSR count). The smallest absolute Gasteiger partial charge is 0.449 e. The third-order valence-corrected chi connectivity index (χ3v) is 14.3. The second kappa shape index (κ2) is 27.8. The summed E-state index contributed by atoms with van der Waals surface area (Å²) < 4.78 is 78.8. The summed E-state index contributed by atoms with van der Waals surface area (Å²) in [5, 5.41) is 12.1. The molecule has 1 unspecified atom stereocenters. The molecular weight excluding hydrogens is 989 g/mol. The predicted octanol–water partition coefficient (Wildman–Crippen LogP) is 9.54. The highest BCUT2D eigenvalue weighted by Crippen LogP contribution is 2.35. The highest BCUT2D eigenvalue weighted by molar-refractivity contribution is 7.85. The Balaban J connectivity index is 1.02. The highest BCUT2D eigenvalue weighted by Gasteiger charge is 2.53. The minimum atomic E-state index is -1.87. The lowest BCUT2D eigenvalue weighted by molar-refractivity contribution is -0.306. The van der Waals surface area contributed by atoms with Gasteiger partial charge in [-0.3, -0.25) is 4.21 Å². The minimum Gasteiger partial charge on any atom is -0.449 e. The summed E-state index contributed by atoms with van der Waals surface area (Å²) in [6, 6.07) is 64.6. The first kappa shape index (κ1) is 53.9. The van der Waals surface area contributed by atoms with Gasteiger partial charge in [-0.25, -0.2) is 9.59 Å². The Morgan fingerprint density at radius 1 is 0.434 bits per heavy atom. The van der Waals surface area contributed by atoms with Crippen LogP contribution in [-0.4, -0.2) is 95.2 Å². The zero-order valence-corrected chi connectivity index (χ0v) is 42.4. The first-order valence-corrected chi connectivity index (χ1v) is 26.4. The van der Waals surface area contributed by atoms with Crippen LogP contribution in [0.3, 0.4) is 0 Å². The van der Waals surface area contributed by atoms with Crippen molar-refractivity contribution in [3.63, 3.8) is 0 Å². The van der Waals surface area contributed by atoms with Crippen LogP contribution >= 0.6 is 0 Å². The summed E-state index contributed by atoms with van der Waals surface area (Å²) >= 11 is 0.